The largest absolute Gasteiger partial charge is 0.352 e. The molecule has 2 aliphatic carbocycles. The van der Waals surface area contributed by atoms with Crippen molar-refractivity contribution in [3.05, 3.63) is 35.4 Å². The Morgan fingerprint density at radius 3 is 2.68 bits per heavy atom. The first-order valence-electron chi connectivity index (χ1n) is 9.44. The van der Waals surface area contributed by atoms with Crippen LogP contribution in [0.5, 0.6) is 0 Å². The quantitative estimate of drug-likeness (QED) is 0.854. The zero-order chi connectivity index (χ0) is 16.8. The summed E-state index contributed by atoms with van der Waals surface area (Å²) < 4.78 is 0. The highest BCUT2D eigenvalue weighted by molar-refractivity contribution is 5.52. The predicted molar refractivity (Wildman–Crippen MR) is 97.1 cm³/mol. The zero-order valence-corrected chi connectivity index (χ0v) is 14.7. The molecule has 5 rings (SSSR count). The van der Waals surface area contributed by atoms with E-state index in [0.29, 0.717) is 12.0 Å². The van der Waals surface area contributed by atoms with Gasteiger partial charge in [0.25, 0.3) is 0 Å². The van der Waals surface area contributed by atoms with Crippen molar-refractivity contribution in [3.63, 3.8) is 0 Å². The molecule has 0 bridgehead atoms. The molecule has 0 amide bonds. The van der Waals surface area contributed by atoms with Crippen molar-refractivity contribution >= 4 is 11.6 Å². The molecule has 3 heterocycles. The number of fused-ring (bicyclic) bond motifs is 1. The van der Waals surface area contributed by atoms with Crippen LogP contribution in [-0.2, 0) is 12.8 Å². The van der Waals surface area contributed by atoms with Crippen LogP contribution in [0.3, 0.4) is 0 Å². The number of aryl methyl sites for hydroxylation is 2. The van der Waals surface area contributed by atoms with E-state index in [1.807, 2.05) is 12.4 Å². The highest BCUT2D eigenvalue weighted by atomic mass is 15.4. The minimum atomic E-state index is 0.465. The fourth-order valence-corrected chi connectivity index (χ4v) is 3.95. The summed E-state index contributed by atoms with van der Waals surface area (Å²) in [6, 6.07) is 2.72. The molecule has 1 saturated carbocycles. The maximum absolute atomic E-state index is 4.62. The van der Waals surface area contributed by atoms with Gasteiger partial charge in [0.05, 0.1) is 17.4 Å². The summed E-state index contributed by atoms with van der Waals surface area (Å²) in [6.45, 7) is 1.95. The third kappa shape index (κ3) is 2.73. The number of likely N-dealkylation sites (N-methyl/N-ethyl adjacent to an activating group) is 1. The Labute approximate surface area is 148 Å². The Bertz CT molecular complexity index is 781. The Morgan fingerprint density at radius 1 is 1.04 bits per heavy atom. The predicted octanol–water partition coefficient (Wildman–Crippen LogP) is 2.35. The number of rotatable bonds is 4. The molecule has 2 fully saturated rings. The van der Waals surface area contributed by atoms with E-state index in [1.165, 1.54) is 42.6 Å². The molecule has 2 aromatic heterocycles. The van der Waals surface area contributed by atoms with Gasteiger partial charge in [0, 0.05) is 38.4 Å². The van der Waals surface area contributed by atoms with Crippen LogP contribution in [0.1, 0.15) is 48.6 Å². The molecule has 1 aliphatic heterocycles. The molecule has 2 aromatic rings. The molecule has 0 radical (unpaired) electrons. The van der Waals surface area contributed by atoms with Gasteiger partial charge in [0.1, 0.15) is 0 Å². The molecule has 1 saturated heterocycles. The molecule has 0 unspecified atom stereocenters. The molecule has 0 aromatic carbocycles. The van der Waals surface area contributed by atoms with Crippen LogP contribution in [0.15, 0.2) is 18.5 Å². The number of hydrogen-bond acceptors (Lipinski definition) is 6. The smallest absolute Gasteiger partial charge is 0.151 e. The summed E-state index contributed by atoms with van der Waals surface area (Å²) in [5, 5.41) is 8.93. The molecule has 6 heteroatoms. The molecule has 130 valence electrons. The summed E-state index contributed by atoms with van der Waals surface area (Å²) in [4.78, 5) is 13.8. The van der Waals surface area contributed by atoms with Gasteiger partial charge >= 0.3 is 0 Å². The van der Waals surface area contributed by atoms with Crippen LogP contribution in [-0.4, -0.2) is 46.3 Å². The van der Waals surface area contributed by atoms with E-state index in [4.69, 9.17) is 0 Å². The molecular weight excluding hydrogens is 312 g/mol. The SMILES string of the molecule is CN(c1nccnc1C1CC1)C1CN(c2cc3c(nn2)CCCC3)C1. The second-order valence-corrected chi connectivity index (χ2v) is 7.59. The topological polar surface area (TPSA) is 58.0 Å². The standard InChI is InChI=1S/C19H24N6/c1-24(19-18(13-6-7-13)20-8-9-21-19)15-11-25(12-15)17-10-14-4-2-3-5-16(14)22-23-17/h8-10,13,15H,2-7,11-12H2,1H3. The van der Waals surface area contributed by atoms with Gasteiger partial charge in [-0.1, -0.05) is 0 Å². The molecule has 0 atom stereocenters. The lowest BCUT2D eigenvalue weighted by Gasteiger charge is -2.45. The van der Waals surface area contributed by atoms with Crippen molar-refractivity contribution in [2.75, 3.05) is 29.9 Å². The van der Waals surface area contributed by atoms with E-state index in [0.717, 1.165) is 37.6 Å². The van der Waals surface area contributed by atoms with Crippen LogP contribution in [0.25, 0.3) is 0 Å². The summed E-state index contributed by atoms with van der Waals surface area (Å²) in [5.41, 5.74) is 3.79. The van der Waals surface area contributed by atoms with E-state index >= 15 is 0 Å². The highest BCUT2D eigenvalue weighted by Crippen LogP contribution is 2.42. The van der Waals surface area contributed by atoms with Gasteiger partial charge in [-0.25, -0.2) is 4.98 Å². The Hall–Kier alpha value is -2.24. The summed E-state index contributed by atoms with van der Waals surface area (Å²) >= 11 is 0. The maximum Gasteiger partial charge on any atom is 0.151 e. The van der Waals surface area contributed by atoms with Crippen LogP contribution in [0.4, 0.5) is 11.6 Å². The first-order valence-corrected chi connectivity index (χ1v) is 9.44. The summed E-state index contributed by atoms with van der Waals surface area (Å²) in [5.74, 6) is 2.71. The lowest BCUT2D eigenvalue weighted by Crippen LogP contribution is -2.59. The molecule has 0 spiro atoms. The van der Waals surface area contributed by atoms with Gasteiger partial charge in [-0.15, -0.1) is 5.10 Å². The molecular formula is C19H24N6. The molecule has 25 heavy (non-hydrogen) atoms. The molecule has 0 N–H and O–H groups in total. The monoisotopic (exact) mass is 336 g/mol. The second-order valence-electron chi connectivity index (χ2n) is 7.59. The minimum absolute atomic E-state index is 0.465. The number of anilines is 2. The van der Waals surface area contributed by atoms with E-state index in [9.17, 15) is 0 Å². The number of nitrogens with zero attached hydrogens (tertiary/aromatic N) is 6. The Morgan fingerprint density at radius 2 is 1.84 bits per heavy atom. The zero-order valence-electron chi connectivity index (χ0n) is 14.7. The number of hydrogen-bond donors (Lipinski definition) is 0. The van der Waals surface area contributed by atoms with Crippen LogP contribution >= 0.6 is 0 Å². The second kappa shape index (κ2) is 5.93. The van der Waals surface area contributed by atoms with Crippen LogP contribution < -0.4 is 9.80 Å². The third-order valence-electron chi connectivity index (χ3n) is 5.80. The first-order chi connectivity index (χ1) is 12.3. The van der Waals surface area contributed by atoms with Gasteiger partial charge < -0.3 is 9.80 Å². The van der Waals surface area contributed by atoms with Crippen molar-refractivity contribution in [2.24, 2.45) is 0 Å². The fourth-order valence-electron chi connectivity index (χ4n) is 3.95. The Balaban J connectivity index is 1.29. The fraction of sp³-hybridized carbons (Fsp3) is 0.579. The van der Waals surface area contributed by atoms with Gasteiger partial charge in [-0.3, -0.25) is 4.98 Å². The van der Waals surface area contributed by atoms with Crippen molar-refractivity contribution in [2.45, 2.75) is 50.5 Å². The average Bonchev–Trinajstić information content (AvgIpc) is 3.45. The van der Waals surface area contributed by atoms with Gasteiger partial charge in [0.15, 0.2) is 11.6 Å². The van der Waals surface area contributed by atoms with Crippen LogP contribution in [0.2, 0.25) is 0 Å². The van der Waals surface area contributed by atoms with E-state index in [-0.39, 0.29) is 0 Å². The van der Waals surface area contributed by atoms with Crippen LogP contribution in [0, 0.1) is 0 Å². The van der Waals surface area contributed by atoms with Crippen molar-refractivity contribution < 1.29 is 0 Å². The normalized spacial score (nSPS) is 20.1. The van der Waals surface area contributed by atoms with Crippen molar-refractivity contribution in [1.29, 1.82) is 0 Å². The van der Waals surface area contributed by atoms with Crippen molar-refractivity contribution in [3.8, 4) is 0 Å². The highest BCUT2D eigenvalue weighted by Gasteiger charge is 2.36. The lowest BCUT2D eigenvalue weighted by atomic mass is 9.96. The van der Waals surface area contributed by atoms with Crippen molar-refractivity contribution in [1.82, 2.24) is 20.2 Å². The van der Waals surface area contributed by atoms with Gasteiger partial charge in [0.2, 0.25) is 0 Å². The molecule has 6 nitrogen and oxygen atoms in total. The minimum Gasteiger partial charge on any atom is -0.352 e. The van der Waals surface area contributed by atoms with E-state index in [2.05, 4.69) is 43.1 Å². The Kier molecular flexibility index (Phi) is 3.57. The molecule has 3 aliphatic rings. The average molecular weight is 336 g/mol. The summed E-state index contributed by atoms with van der Waals surface area (Å²) in [6.07, 6.45) is 10.9. The lowest BCUT2D eigenvalue weighted by molar-refractivity contribution is 0.484. The van der Waals surface area contributed by atoms with E-state index < -0.39 is 0 Å². The number of aromatic nitrogens is 4. The van der Waals surface area contributed by atoms with Gasteiger partial charge in [-0.05, 0) is 50.2 Å². The maximum atomic E-state index is 4.62. The van der Waals surface area contributed by atoms with E-state index in [1.54, 1.807) is 0 Å². The first kappa shape index (κ1) is 15.0. The van der Waals surface area contributed by atoms with Gasteiger partial charge in [-0.2, -0.15) is 5.10 Å². The third-order valence-corrected chi connectivity index (χ3v) is 5.80. The summed E-state index contributed by atoms with van der Waals surface area (Å²) in [7, 11) is 2.15.